The van der Waals surface area contributed by atoms with Crippen LogP contribution < -0.4 is 10.2 Å². The molecular weight excluding hydrogens is 360 g/mol. The lowest BCUT2D eigenvalue weighted by molar-refractivity contribution is -0.121. The van der Waals surface area contributed by atoms with Gasteiger partial charge in [-0.3, -0.25) is 4.79 Å². The smallest absolute Gasteiger partial charge is 0.221 e. The number of anilines is 1. The molecule has 0 saturated heterocycles. The number of carbonyl (C=O) groups excluding carboxylic acids is 1. The molecule has 152 valence electrons. The van der Waals surface area contributed by atoms with E-state index in [9.17, 15) is 4.79 Å². The van der Waals surface area contributed by atoms with Crippen molar-refractivity contribution in [2.75, 3.05) is 18.0 Å². The number of nitrogens with zero attached hydrogens (tertiary/aromatic N) is 3. The minimum atomic E-state index is 0.0683. The third-order valence-electron chi connectivity index (χ3n) is 4.82. The van der Waals surface area contributed by atoms with Crippen LogP contribution in [0.4, 0.5) is 5.82 Å². The van der Waals surface area contributed by atoms with Crippen LogP contribution in [0.5, 0.6) is 0 Å². The van der Waals surface area contributed by atoms with E-state index in [-0.39, 0.29) is 11.9 Å². The highest BCUT2D eigenvalue weighted by molar-refractivity contribution is 5.89. The number of hydrogen-bond acceptors (Lipinski definition) is 4. The van der Waals surface area contributed by atoms with Gasteiger partial charge < -0.3 is 10.2 Å². The molecule has 1 aromatic heterocycles. The normalized spacial score (nSPS) is 11.0. The summed E-state index contributed by atoms with van der Waals surface area (Å²) < 4.78 is 0. The summed E-state index contributed by atoms with van der Waals surface area (Å²) in [6.45, 7) is 7.45. The Kier molecular flexibility index (Phi) is 7.17. The molecule has 5 heteroatoms. The van der Waals surface area contributed by atoms with Gasteiger partial charge in [-0.05, 0) is 38.0 Å². The fourth-order valence-electron chi connectivity index (χ4n) is 3.37. The third-order valence-corrected chi connectivity index (χ3v) is 4.82. The maximum absolute atomic E-state index is 12.3. The molecule has 3 rings (SSSR count). The molecule has 0 spiro atoms. The van der Waals surface area contributed by atoms with Gasteiger partial charge >= 0.3 is 0 Å². The molecule has 0 bridgehead atoms. The first-order valence-electron chi connectivity index (χ1n) is 10.4. The Bertz CT molecular complexity index is 940. The summed E-state index contributed by atoms with van der Waals surface area (Å²) in [7, 11) is 0. The molecule has 0 unspecified atom stereocenters. The summed E-state index contributed by atoms with van der Waals surface area (Å²) in [6.07, 6.45) is 2.11. The number of aromatic nitrogens is 2. The van der Waals surface area contributed by atoms with E-state index in [0.29, 0.717) is 13.0 Å². The molecule has 1 heterocycles. The number of amides is 1. The van der Waals surface area contributed by atoms with Crippen LogP contribution in [0.2, 0.25) is 0 Å². The maximum Gasteiger partial charge on any atom is 0.221 e. The van der Waals surface area contributed by atoms with Crippen molar-refractivity contribution in [3.05, 3.63) is 66.0 Å². The van der Waals surface area contributed by atoms with Crippen LogP contribution in [0, 0.1) is 0 Å². The van der Waals surface area contributed by atoms with Crippen molar-refractivity contribution in [3.63, 3.8) is 0 Å². The average molecular weight is 391 g/mol. The van der Waals surface area contributed by atoms with Crippen LogP contribution in [0.3, 0.4) is 0 Å². The number of carbonyl (C=O) groups is 1. The number of rotatable bonds is 9. The lowest BCUT2D eigenvalue weighted by Gasteiger charge is -2.25. The standard InChI is InChI=1S/C24H30N4O/c1-4-22-26-21-13-9-8-12-20(21)24(27-22)28(17-15-23(29)25-18(2)3)16-14-19-10-6-5-7-11-19/h5-13,18H,4,14-17H2,1-3H3,(H,25,29). The van der Waals surface area contributed by atoms with Gasteiger partial charge in [0, 0.05) is 37.4 Å². The quantitative estimate of drug-likeness (QED) is 0.596. The zero-order valence-corrected chi connectivity index (χ0v) is 17.6. The van der Waals surface area contributed by atoms with Crippen LogP contribution in [0.15, 0.2) is 54.6 Å². The number of nitrogens with one attached hydrogen (secondary N) is 1. The number of aryl methyl sites for hydroxylation is 1. The second-order valence-electron chi connectivity index (χ2n) is 7.53. The van der Waals surface area contributed by atoms with Gasteiger partial charge in [0.25, 0.3) is 0 Å². The van der Waals surface area contributed by atoms with Gasteiger partial charge in [-0.15, -0.1) is 0 Å². The second kappa shape index (κ2) is 10.0. The van der Waals surface area contributed by atoms with Crippen LogP contribution in [-0.4, -0.2) is 35.0 Å². The Morgan fingerprint density at radius 3 is 2.45 bits per heavy atom. The summed E-state index contributed by atoms with van der Waals surface area (Å²) in [4.78, 5) is 24.0. The molecule has 0 saturated carbocycles. The number of fused-ring (bicyclic) bond motifs is 1. The summed E-state index contributed by atoms with van der Waals surface area (Å²) in [5, 5.41) is 4.01. The first kappa shape index (κ1) is 20.8. The van der Waals surface area contributed by atoms with Gasteiger partial charge in [0.05, 0.1) is 5.52 Å². The van der Waals surface area contributed by atoms with Crippen molar-refractivity contribution >= 4 is 22.6 Å². The maximum atomic E-state index is 12.3. The highest BCUT2D eigenvalue weighted by Crippen LogP contribution is 2.24. The third kappa shape index (κ3) is 5.76. The lowest BCUT2D eigenvalue weighted by Crippen LogP contribution is -2.35. The van der Waals surface area contributed by atoms with E-state index in [0.717, 1.165) is 41.9 Å². The lowest BCUT2D eigenvalue weighted by atomic mass is 10.1. The Labute approximate surface area is 173 Å². The van der Waals surface area contributed by atoms with Gasteiger partial charge in [0.15, 0.2) is 0 Å². The highest BCUT2D eigenvalue weighted by atomic mass is 16.1. The molecule has 5 nitrogen and oxygen atoms in total. The molecule has 3 aromatic rings. The fourth-order valence-corrected chi connectivity index (χ4v) is 3.37. The largest absolute Gasteiger partial charge is 0.355 e. The minimum Gasteiger partial charge on any atom is -0.355 e. The molecule has 0 atom stereocenters. The summed E-state index contributed by atoms with van der Waals surface area (Å²) >= 11 is 0. The van der Waals surface area contributed by atoms with Gasteiger partial charge in [-0.2, -0.15) is 0 Å². The van der Waals surface area contributed by atoms with Crippen molar-refractivity contribution in [1.29, 1.82) is 0 Å². The topological polar surface area (TPSA) is 58.1 Å². The van der Waals surface area contributed by atoms with Crippen LogP contribution >= 0.6 is 0 Å². The highest BCUT2D eigenvalue weighted by Gasteiger charge is 2.16. The Morgan fingerprint density at radius 2 is 1.72 bits per heavy atom. The minimum absolute atomic E-state index is 0.0683. The Hall–Kier alpha value is -2.95. The predicted molar refractivity (Wildman–Crippen MR) is 119 cm³/mol. The Balaban J connectivity index is 1.89. The van der Waals surface area contributed by atoms with Crippen LogP contribution in [-0.2, 0) is 17.6 Å². The van der Waals surface area contributed by atoms with Crippen molar-refractivity contribution in [3.8, 4) is 0 Å². The van der Waals surface area contributed by atoms with Crippen molar-refractivity contribution in [2.45, 2.75) is 46.1 Å². The van der Waals surface area contributed by atoms with Gasteiger partial charge in [0.2, 0.25) is 5.91 Å². The van der Waals surface area contributed by atoms with Crippen molar-refractivity contribution < 1.29 is 4.79 Å². The molecule has 1 N–H and O–H groups in total. The number of para-hydroxylation sites is 1. The van der Waals surface area contributed by atoms with E-state index in [1.54, 1.807) is 0 Å². The zero-order chi connectivity index (χ0) is 20.6. The van der Waals surface area contributed by atoms with Gasteiger partial charge in [-0.1, -0.05) is 49.4 Å². The van der Waals surface area contributed by atoms with Gasteiger partial charge in [-0.25, -0.2) is 9.97 Å². The number of benzene rings is 2. The first-order chi connectivity index (χ1) is 14.1. The van der Waals surface area contributed by atoms with Gasteiger partial charge in [0.1, 0.15) is 11.6 Å². The molecule has 0 fully saturated rings. The van der Waals surface area contributed by atoms with E-state index >= 15 is 0 Å². The fraction of sp³-hybridized carbons (Fsp3) is 0.375. The van der Waals surface area contributed by atoms with E-state index in [2.05, 4.69) is 52.5 Å². The van der Waals surface area contributed by atoms with E-state index in [1.807, 2.05) is 38.1 Å². The monoisotopic (exact) mass is 390 g/mol. The molecule has 0 aliphatic carbocycles. The summed E-state index contributed by atoms with van der Waals surface area (Å²) in [5.74, 6) is 1.81. The van der Waals surface area contributed by atoms with E-state index in [4.69, 9.17) is 4.98 Å². The Morgan fingerprint density at radius 1 is 1.00 bits per heavy atom. The van der Waals surface area contributed by atoms with Crippen LogP contribution in [0.25, 0.3) is 10.9 Å². The molecule has 1 amide bonds. The SMILES string of the molecule is CCc1nc(N(CCC(=O)NC(C)C)CCc2ccccc2)c2ccccc2n1. The molecule has 2 aromatic carbocycles. The molecule has 29 heavy (non-hydrogen) atoms. The molecule has 0 aliphatic heterocycles. The summed E-state index contributed by atoms with van der Waals surface area (Å²) in [6, 6.07) is 18.7. The summed E-state index contributed by atoms with van der Waals surface area (Å²) in [5.41, 5.74) is 2.23. The van der Waals surface area contributed by atoms with E-state index in [1.165, 1.54) is 5.56 Å². The van der Waals surface area contributed by atoms with Crippen molar-refractivity contribution in [2.24, 2.45) is 0 Å². The van der Waals surface area contributed by atoms with Crippen molar-refractivity contribution in [1.82, 2.24) is 15.3 Å². The second-order valence-corrected chi connectivity index (χ2v) is 7.53. The molecule has 0 radical (unpaired) electrons. The van der Waals surface area contributed by atoms with E-state index < -0.39 is 0 Å². The zero-order valence-electron chi connectivity index (χ0n) is 17.6. The predicted octanol–water partition coefficient (Wildman–Crippen LogP) is 4.16. The average Bonchev–Trinajstić information content (AvgIpc) is 2.73. The van der Waals surface area contributed by atoms with Crippen LogP contribution in [0.1, 0.15) is 38.6 Å². The molecule has 0 aliphatic rings. The number of hydrogen-bond donors (Lipinski definition) is 1. The molecular formula is C24H30N4O. The first-order valence-corrected chi connectivity index (χ1v) is 10.4.